The van der Waals surface area contributed by atoms with Crippen molar-refractivity contribution in [2.45, 2.75) is 26.3 Å². The molecule has 1 amide bonds. The number of hydrogen-bond donors (Lipinski definition) is 1. The number of aryl methyl sites for hydroxylation is 1. The molecule has 1 aliphatic heterocycles. The van der Waals surface area contributed by atoms with Crippen LogP contribution in [0.25, 0.3) is 12.2 Å². The minimum atomic E-state index is -0.480. The highest BCUT2D eigenvalue weighted by molar-refractivity contribution is 7.14. The Morgan fingerprint density at radius 3 is 2.87 bits per heavy atom. The lowest BCUT2D eigenvalue weighted by molar-refractivity contribution is 0.0610. The van der Waals surface area contributed by atoms with Gasteiger partial charge in [-0.1, -0.05) is 6.07 Å². The van der Waals surface area contributed by atoms with Crippen molar-refractivity contribution in [3.05, 3.63) is 64.4 Å². The Hall–Kier alpha value is -2.84. The molecule has 0 bridgehead atoms. The van der Waals surface area contributed by atoms with Gasteiger partial charge in [0.05, 0.1) is 11.4 Å². The summed E-state index contributed by atoms with van der Waals surface area (Å²) < 4.78 is 21.0. The van der Waals surface area contributed by atoms with Crippen molar-refractivity contribution in [1.29, 1.82) is 0 Å². The first kappa shape index (κ1) is 20.4. The number of amides is 1. The van der Waals surface area contributed by atoms with E-state index in [1.54, 1.807) is 31.2 Å². The van der Waals surface area contributed by atoms with Crippen LogP contribution in [0.4, 0.5) is 9.52 Å². The largest absolute Gasteiger partial charge is 0.381 e. The van der Waals surface area contributed by atoms with Crippen molar-refractivity contribution >= 4 is 34.5 Å². The van der Waals surface area contributed by atoms with Gasteiger partial charge >= 0.3 is 0 Å². The van der Waals surface area contributed by atoms with Crippen molar-refractivity contribution in [1.82, 2.24) is 14.5 Å². The van der Waals surface area contributed by atoms with E-state index in [0.29, 0.717) is 33.7 Å². The Bertz CT molecular complexity index is 1050. The minimum absolute atomic E-state index is 0.181. The van der Waals surface area contributed by atoms with Gasteiger partial charge in [0.15, 0.2) is 5.13 Å². The molecule has 0 radical (unpaired) electrons. The summed E-state index contributed by atoms with van der Waals surface area (Å²) in [5.74, 6) is -0.138. The van der Waals surface area contributed by atoms with Crippen LogP contribution in [0.1, 0.15) is 40.3 Å². The smallest absolute Gasteiger partial charge is 0.274 e. The van der Waals surface area contributed by atoms with Crippen LogP contribution in [0.2, 0.25) is 0 Å². The summed E-state index contributed by atoms with van der Waals surface area (Å²) >= 11 is 1.34. The number of rotatable bonds is 6. The summed E-state index contributed by atoms with van der Waals surface area (Å²) in [6, 6.07) is 7.14. The van der Waals surface area contributed by atoms with Crippen LogP contribution in [0.15, 0.2) is 35.8 Å². The predicted molar refractivity (Wildman–Crippen MR) is 116 cm³/mol. The zero-order valence-electron chi connectivity index (χ0n) is 16.7. The third kappa shape index (κ3) is 5.01. The van der Waals surface area contributed by atoms with Crippen molar-refractivity contribution < 1.29 is 13.9 Å². The monoisotopic (exact) mass is 426 g/mol. The number of thiazole rings is 1. The van der Waals surface area contributed by atoms with Crippen LogP contribution in [-0.2, 0) is 11.3 Å². The first-order valence-corrected chi connectivity index (χ1v) is 10.8. The van der Waals surface area contributed by atoms with Crippen molar-refractivity contribution in [2.75, 3.05) is 18.5 Å². The molecule has 4 rings (SSSR count). The maximum atomic E-state index is 13.6. The molecule has 3 aromatic rings. The van der Waals surface area contributed by atoms with E-state index in [0.717, 1.165) is 32.6 Å². The SMILES string of the molecule is Cc1ccc(/C=C/c2csc(NC(=O)c3cccn3CC3CCOCC3)n2)nc1F. The molecule has 0 unspecified atom stereocenters. The normalized spacial score (nSPS) is 15.0. The summed E-state index contributed by atoms with van der Waals surface area (Å²) in [4.78, 5) is 21.0. The summed E-state index contributed by atoms with van der Waals surface area (Å²) in [6.45, 7) is 4.05. The molecule has 4 heterocycles. The quantitative estimate of drug-likeness (QED) is 0.583. The fourth-order valence-electron chi connectivity index (χ4n) is 3.35. The standard InChI is InChI=1S/C22H23FN4O2S/c1-15-4-5-17(24-20(15)23)6-7-18-14-30-22(25-18)26-21(28)19-3-2-10-27(19)13-16-8-11-29-12-9-16/h2-7,10,14,16H,8-9,11-13H2,1H3,(H,25,26,28)/b7-6+. The summed E-state index contributed by atoms with van der Waals surface area (Å²) in [7, 11) is 0. The predicted octanol–water partition coefficient (Wildman–Crippen LogP) is 4.64. The van der Waals surface area contributed by atoms with Crippen LogP contribution in [-0.4, -0.2) is 33.7 Å². The van der Waals surface area contributed by atoms with Gasteiger partial charge in [-0.3, -0.25) is 10.1 Å². The molecule has 8 heteroatoms. The molecule has 0 aliphatic carbocycles. The molecule has 0 aromatic carbocycles. The van der Waals surface area contributed by atoms with E-state index in [1.807, 2.05) is 28.3 Å². The average molecular weight is 427 g/mol. The minimum Gasteiger partial charge on any atom is -0.381 e. The molecule has 3 aromatic heterocycles. The van der Waals surface area contributed by atoms with Gasteiger partial charge in [0.2, 0.25) is 5.95 Å². The molecule has 1 fully saturated rings. The zero-order chi connectivity index (χ0) is 20.9. The van der Waals surface area contributed by atoms with Gasteiger partial charge in [0, 0.05) is 36.9 Å². The Labute approximate surface area is 178 Å². The Kier molecular flexibility index (Phi) is 6.35. The molecule has 0 spiro atoms. The van der Waals surface area contributed by atoms with Crippen LogP contribution < -0.4 is 5.32 Å². The van der Waals surface area contributed by atoms with Crippen molar-refractivity contribution in [3.63, 3.8) is 0 Å². The average Bonchev–Trinajstić information content (AvgIpc) is 3.39. The first-order valence-electron chi connectivity index (χ1n) is 9.89. The molecule has 1 aliphatic rings. The second-order valence-corrected chi connectivity index (χ2v) is 8.17. The Morgan fingerprint density at radius 2 is 2.07 bits per heavy atom. The summed E-state index contributed by atoms with van der Waals surface area (Å²) in [5, 5.41) is 5.22. The maximum absolute atomic E-state index is 13.6. The number of carbonyl (C=O) groups is 1. The van der Waals surface area contributed by atoms with Gasteiger partial charge in [0.25, 0.3) is 5.91 Å². The molecule has 0 atom stereocenters. The van der Waals surface area contributed by atoms with Crippen molar-refractivity contribution in [3.8, 4) is 0 Å². The van der Waals surface area contributed by atoms with Crippen LogP contribution in [0, 0.1) is 18.8 Å². The first-order chi connectivity index (χ1) is 14.6. The van der Waals surface area contributed by atoms with Crippen LogP contribution in [0.3, 0.4) is 0 Å². The highest BCUT2D eigenvalue weighted by atomic mass is 32.1. The Balaban J connectivity index is 1.39. The number of pyridine rings is 1. The molecular weight excluding hydrogens is 403 g/mol. The lowest BCUT2D eigenvalue weighted by Crippen LogP contribution is -2.23. The molecule has 1 N–H and O–H groups in total. The highest BCUT2D eigenvalue weighted by Gasteiger charge is 2.18. The van der Waals surface area contributed by atoms with E-state index in [-0.39, 0.29) is 5.91 Å². The van der Waals surface area contributed by atoms with Gasteiger partial charge in [0.1, 0.15) is 5.69 Å². The van der Waals surface area contributed by atoms with E-state index in [4.69, 9.17) is 4.74 Å². The number of aromatic nitrogens is 3. The molecular formula is C22H23FN4O2S. The summed E-state index contributed by atoms with van der Waals surface area (Å²) in [5.41, 5.74) is 2.32. The topological polar surface area (TPSA) is 69.0 Å². The van der Waals surface area contributed by atoms with E-state index >= 15 is 0 Å². The lowest BCUT2D eigenvalue weighted by Gasteiger charge is -2.23. The number of anilines is 1. The van der Waals surface area contributed by atoms with E-state index in [1.165, 1.54) is 11.3 Å². The Morgan fingerprint density at radius 1 is 1.27 bits per heavy atom. The fraction of sp³-hybridized carbons (Fsp3) is 0.318. The zero-order valence-corrected chi connectivity index (χ0v) is 17.5. The third-order valence-electron chi connectivity index (χ3n) is 5.08. The molecule has 0 saturated carbocycles. The number of carbonyl (C=O) groups excluding carboxylic acids is 1. The third-order valence-corrected chi connectivity index (χ3v) is 5.86. The highest BCUT2D eigenvalue weighted by Crippen LogP contribution is 2.21. The van der Waals surface area contributed by atoms with Gasteiger partial charge < -0.3 is 9.30 Å². The number of hydrogen-bond acceptors (Lipinski definition) is 5. The lowest BCUT2D eigenvalue weighted by atomic mass is 10.0. The molecule has 1 saturated heterocycles. The fourth-order valence-corrected chi connectivity index (χ4v) is 4.02. The second-order valence-electron chi connectivity index (χ2n) is 7.31. The maximum Gasteiger partial charge on any atom is 0.274 e. The number of ether oxygens (including phenoxy) is 1. The van der Waals surface area contributed by atoms with E-state index in [9.17, 15) is 9.18 Å². The number of nitrogens with one attached hydrogen (secondary N) is 1. The number of halogens is 1. The summed E-state index contributed by atoms with van der Waals surface area (Å²) in [6.07, 6.45) is 7.41. The molecule has 30 heavy (non-hydrogen) atoms. The van der Waals surface area contributed by atoms with Gasteiger partial charge in [-0.15, -0.1) is 11.3 Å². The van der Waals surface area contributed by atoms with Gasteiger partial charge in [-0.25, -0.2) is 9.97 Å². The second kappa shape index (κ2) is 9.32. The van der Waals surface area contributed by atoms with Crippen LogP contribution >= 0.6 is 11.3 Å². The molecule has 156 valence electrons. The van der Waals surface area contributed by atoms with Crippen LogP contribution in [0.5, 0.6) is 0 Å². The number of nitrogens with zero attached hydrogens (tertiary/aromatic N) is 3. The van der Waals surface area contributed by atoms with E-state index < -0.39 is 5.95 Å². The van der Waals surface area contributed by atoms with Gasteiger partial charge in [-0.2, -0.15) is 4.39 Å². The van der Waals surface area contributed by atoms with Gasteiger partial charge in [-0.05, 0) is 56.0 Å². The molecule has 6 nitrogen and oxygen atoms in total. The van der Waals surface area contributed by atoms with Crippen molar-refractivity contribution in [2.24, 2.45) is 5.92 Å². The van der Waals surface area contributed by atoms with E-state index in [2.05, 4.69) is 15.3 Å².